The molecule has 38 heavy (non-hydrogen) atoms. The predicted octanol–water partition coefficient (Wildman–Crippen LogP) is 9.54. The van der Waals surface area contributed by atoms with Gasteiger partial charge in [0.15, 0.2) is 6.29 Å². The maximum Gasteiger partial charge on any atom is 0.250 e. The van der Waals surface area contributed by atoms with Gasteiger partial charge < -0.3 is 18.8 Å². The molecule has 0 aliphatic rings. The van der Waals surface area contributed by atoms with Gasteiger partial charge in [0, 0.05) is 38.1 Å². The molecule has 3 aromatic carbocycles. The number of hydrogen-bond acceptors (Lipinski definition) is 3. The summed E-state index contributed by atoms with van der Waals surface area (Å²) in [6.07, 6.45) is 0.975. The van der Waals surface area contributed by atoms with E-state index < -0.39 is 16.6 Å². The Hall–Kier alpha value is -3.04. The number of hydrogen-bond donors (Lipinski definition) is 2. The van der Waals surface area contributed by atoms with E-state index in [1.165, 1.54) is 0 Å². The van der Waals surface area contributed by atoms with Gasteiger partial charge in [-0.05, 0) is 66.6 Å². The SMILES string of the molecule is CC(C)(C)[Si](C)(C)Oc1ccc2[nH]c3cc4c([nH]c5c(O[Si](C)(C)C(C)(C)C)cccc54)c(C=O)c3c2c1. The Balaban J connectivity index is 1.73. The zero-order chi connectivity index (χ0) is 27.8. The number of aldehydes is 1. The van der Waals surface area contributed by atoms with Crippen molar-refractivity contribution in [1.82, 2.24) is 9.97 Å². The average Bonchev–Trinajstić information content (AvgIpc) is 3.34. The third kappa shape index (κ3) is 4.16. The standard InChI is InChI=1S/C31H40N2O3Si2/c1-30(2,3)37(7,8)35-19-14-15-24-22(16-19)27-23(18-34)28-21(17-25(27)32-24)20-12-11-13-26(29(20)33-28)36-38(9,10)31(4,5)6/h11-18,32-33H,1-10H3. The fourth-order valence-electron chi connectivity index (χ4n) is 4.58. The second kappa shape index (κ2) is 8.48. The van der Waals surface area contributed by atoms with Crippen LogP contribution in [0, 0.1) is 0 Å². The summed E-state index contributed by atoms with van der Waals surface area (Å²) in [6.45, 7) is 22.5. The Kier molecular flexibility index (Phi) is 5.93. The first-order chi connectivity index (χ1) is 17.5. The van der Waals surface area contributed by atoms with Gasteiger partial charge in [-0.1, -0.05) is 53.7 Å². The number of para-hydroxylation sites is 1. The van der Waals surface area contributed by atoms with Gasteiger partial charge in [-0.3, -0.25) is 4.79 Å². The van der Waals surface area contributed by atoms with Crippen molar-refractivity contribution in [3.8, 4) is 11.5 Å². The molecule has 2 N–H and O–H groups in total. The maximum atomic E-state index is 12.7. The van der Waals surface area contributed by atoms with E-state index in [1.54, 1.807) is 0 Å². The molecule has 0 fully saturated rings. The number of aromatic nitrogens is 2. The van der Waals surface area contributed by atoms with Crippen LogP contribution in [-0.2, 0) is 0 Å². The van der Waals surface area contributed by atoms with Crippen molar-refractivity contribution in [2.24, 2.45) is 0 Å². The topological polar surface area (TPSA) is 67.1 Å². The summed E-state index contributed by atoms with van der Waals surface area (Å²) in [5.74, 6) is 1.70. The van der Waals surface area contributed by atoms with Crippen LogP contribution in [0.4, 0.5) is 0 Å². The summed E-state index contributed by atoms with van der Waals surface area (Å²) >= 11 is 0. The van der Waals surface area contributed by atoms with Crippen LogP contribution < -0.4 is 8.85 Å². The Morgan fingerprint density at radius 1 is 0.711 bits per heavy atom. The highest BCUT2D eigenvalue weighted by atomic mass is 28.4. The lowest BCUT2D eigenvalue weighted by molar-refractivity contribution is 0.112. The quantitative estimate of drug-likeness (QED) is 0.171. The highest BCUT2D eigenvalue weighted by Crippen LogP contribution is 2.43. The lowest BCUT2D eigenvalue weighted by Crippen LogP contribution is -2.43. The van der Waals surface area contributed by atoms with Crippen LogP contribution in [0.3, 0.4) is 0 Å². The number of carbonyl (C=O) groups excluding carboxylic acids is 1. The molecule has 2 heterocycles. The first kappa shape index (κ1) is 26.6. The number of rotatable bonds is 5. The fraction of sp³-hybridized carbons (Fsp3) is 0.387. The monoisotopic (exact) mass is 544 g/mol. The number of benzene rings is 3. The third-order valence-electron chi connectivity index (χ3n) is 8.93. The molecule has 0 bridgehead atoms. The van der Waals surface area contributed by atoms with Crippen molar-refractivity contribution < 1.29 is 13.6 Å². The van der Waals surface area contributed by atoms with E-state index in [0.717, 1.165) is 61.4 Å². The van der Waals surface area contributed by atoms with Gasteiger partial charge in [-0.15, -0.1) is 0 Å². The molecule has 5 nitrogen and oxygen atoms in total. The molecule has 0 aliphatic heterocycles. The Bertz CT molecular complexity index is 1710. The highest BCUT2D eigenvalue weighted by molar-refractivity contribution is 6.75. The molecule has 0 saturated heterocycles. The molecular formula is C31H40N2O3Si2. The molecule has 0 saturated carbocycles. The van der Waals surface area contributed by atoms with E-state index in [4.69, 9.17) is 8.85 Å². The molecule has 7 heteroatoms. The molecule has 5 aromatic rings. The van der Waals surface area contributed by atoms with Crippen LogP contribution in [0.15, 0.2) is 42.5 Å². The van der Waals surface area contributed by atoms with E-state index in [-0.39, 0.29) is 10.1 Å². The summed E-state index contributed by atoms with van der Waals surface area (Å²) in [4.78, 5) is 19.8. The van der Waals surface area contributed by atoms with Crippen LogP contribution in [0.25, 0.3) is 43.6 Å². The number of H-pyrrole nitrogens is 2. The molecule has 0 aliphatic carbocycles. The van der Waals surface area contributed by atoms with E-state index >= 15 is 0 Å². The largest absolute Gasteiger partial charge is 0.543 e. The first-order valence-electron chi connectivity index (χ1n) is 13.4. The fourth-order valence-corrected chi connectivity index (χ4v) is 6.62. The molecule has 0 unspecified atom stereocenters. The van der Waals surface area contributed by atoms with Crippen LogP contribution in [-0.4, -0.2) is 32.9 Å². The summed E-state index contributed by atoms with van der Waals surface area (Å²) in [5, 5.41) is 4.16. The molecule has 2 aromatic heterocycles. The minimum Gasteiger partial charge on any atom is -0.543 e. The third-order valence-corrected chi connectivity index (χ3v) is 17.6. The molecule has 0 spiro atoms. The van der Waals surface area contributed by atoms with Gasteiger partial charge in [-0.2, -0.15) is 0 Å². The van der Waals surface area contributed by atoms with Crippen molar-refractivity contribution in [3.63, 3.8) is 0 Å². The van der Waals surface area contributed by atoms with Crippen molar-refractivity contribution >= 4 is 66.5 Å². The number of fused-ring (bicyclic) bond motifs is 6. The minimum absolute atomic E-state index is 0.0775. The van der Waals surface area contributed by atoms with Gasteiger partial charge >= 0.3 is 0 Å². The summed E-state index contributed by atoms with van der Waals surface area (Å²) in [6, 6.07) is 14.5. The maximum absolute atomic E-state index is 12.7. The van der Waals surface area contributed by atoms with Gasteiger partial charge in [0.1, 0.15) is 11.5 Å². The Morgan fingerprint density at radius 2 is 1.37 bits per heavy atom. The normalized spacial score (nSPS) is 13.6. The average molecular weight is 545 g/mol. The summed E-state index contributed by atoms with van der Waals surface area (Å²) in [5.41, 5.74) is 4.36. The highest BCUT2D eigenvalue weighted by Gasteiger charge is 2.40. The zero-order valence-electron chi connectivity index (χ0n) is 24.3. The predicted molar refractivity (Wildman–Crippen MR) is 166 cm³/mol. The minimum atomic E-state index is -2.05. The van der Waals surface area contributed by atoms with Gasteiger partial charge in [0.2, 0.25) is 8.32 Å². The summed E-state index contributed by atoms with van der Waals surface area (Å²) in [7, 11) is -4.06. The van der Waals surface area contributed by atoms with Crippen molar-refractivity contribution in [1.29, 1.82) is 0 Å². The lowest BCUT2D eigenvalue weighted by Gasteiger charge is -2.36. The van der Waals surface area contributed by atoms with Crippen LogP contribution in [0.1, 0.15) is 51.9 Å². The Morgan fingerprint density at radius 3 is 2.00 bits per heavy atom. The van der Waals surface area contributed by atoms with Gasteiger partial charge in [0.05, 0.1) is 11.0 Å². The lowest BCUT2D eigenvalue weighted by atomic mass is 10.0. The molecular weight excluding hydrogens is 505 g/mol. The molecule has 0 radical (unpaired) electrons. The number of nitrogens with one attached hydrogen (secondary N) is 2. The molecule has 0 amide bonds. The second-order valence-electron chi connectivity index (χ2n) is 13.6. The van der Waals surface area contributed by atoms with Crippen LogP contribution in [0.5, 0.6) is 11.5 Å². The van der Waals surface area contributed by atoms with Crippen molar-refractivity contribution in [2.75, 3.05) is 0 Å². The molecule has 200 valence electrons. The van der Waals surface area contributed by atoms with Crippen LogP contribution >= 0.6 is 0 Å². The number of aromatic amines is 2. The Labute approximate surface area is 227 Å². The molecule has 5 rings (SSSR count). The van der Waals surface area contributed by atoms with Gasteiger partial charge in [0.25, 0.3) is 8.32 Å². The van der Waals surface area contributed by atoms with E-state index in [2.05, 4.69) is 102 Å². The van der Waals surface area contributed by atoms with Gasteiger partial charge in [-0.25, -0.2) is 0 Å². The van der Waals surface area contributed by atoms with Crippen molar-refractivity contribution in [3.05, 3.63) is 48.0 Å². The smallest absolute Gasteiger partial charge is 0.250 e. The second-order valence-corrected chi connectivity index (χ2v) is 23.1. The summed E-state index contributed by atoms with van der Waals surface area (Å²) < 4.78 is 13.3. The van der Waals surface area contributed by atoms with E-state index in [0.29, 0.717) is 5.56 Å². The van der Waals surface area contributed by atoms with Crippen molar-refractivity contribution in [2.45, 2.75) is 77.8 Å². The molecule has 0 atom stereocenters. The van der Waals surface area contributed by atoms with E-state index in [9.17, 15) is 4.79 Å². The first-order valence-corrected chi connectivity index (χ1v) is 19.2. The number of carbonyl (C=O) groups is 1. The van der Waals surface area contributed by atoms with Crippen LogP contribution in [0.2, 0.25) is 36.3 Å². The zero-order valence-corrected chi connectivity index (χ0v) is 26.3. The van der Waals surface area contributed by atoms with E-state index in [1.807, 2.05) is 18.2 Å².